The molecular formula is C18H22O8. The summed E-state index contributed by atoms with van der Waals surface area (Å²) >= 11 is 0. The molecule has 1 unspecified atom stereocenters. The second kappa shape index (κ2) is 6.83. The monoisotopic (exact) mass is 366 g/mol. The Bertz CT molecular complexity index is 661. The number of esters is 3. The largest absolute Gasteiger partial charge is 0.465 e. The fourth-order valence-electron chi connectivity index (χ4n) is 4.39. The zero-order valence-corrected chi connectivity index (χ0v) is 15.0. The number of allylic oxidation sites excluding steroid dienone is 2. The molecule has 0 aromatic rings. The van der Waals surface area contributed by atoms with Gasteiger partial charge in [0.2, 0.25) is 6.29 Å². The Hall–Kier alpha value is -2.22. The molecule has 1 saturated carbocycles. The summed E-state index contributed by atoms with van der Waals surface area (Å²) < 4.78 is 21.1. The third-order valence-electron chi connectivity index (χ3n) is 5.32. The molecule has 142 valence electrons. The van der Waals surface area contributed by atoms with Gasteiger partial charge in [0, 0.05) is 18.8 Å². The molecule has 1 saturated heterocycles. The first-order valence-electron chi connectivity index (χ1n) is 8.74. The highest BCUT2D eigenvalue weighted by Crippen LogP contribution is 2.59. The van der Waals surface area contributed by atoms with E-state index in [4.69, 9.17) is 18.9 Å². The summed E-state index contributed by atoms with van der Waals surface area (Å²) in [5, 5.41) is 0. The van der Waals surface area contributed by atoms with Crippen LogP contribution in [0.4, 0.5) is 0 Å². The van der Waals surface area contributed by atoms with Crippen molar-refractivity contribution in [2.24, 2.45) is 23.2 Å². The standard InChI is InChI=1S/C18H22O8/c1-4-23-16(21)18(17(22)24-5-2)7-10-6-12(20)14-13(10)11(18)8-25-15(14)26-9(3)19/h6,11,13-15H,4-5,7-8H2,1-3H3/t11-,13-,14-,15?/m0/s1. The molecule has 2 fully saturated rings. The summed E-state index contributed by atoms with van der Waals surface area (Å²) in [6.07, 6.45) is 0.474. The molecule has 2 aliphatic carbocycles. The molecular weight excluding hydrogens is 344 g/mol. The van der Waals surface area contributed by atoms with Crippen molar-refractivity contribution in [1.82, 2.24) is 0 Å². The Morgan fingerprint density at radius 2 is 1.77 bits per heavy atom. The van der Waals surface area contributed by atoms with E-state index in [1.54, 1.807) is 13.8 Å². The number of hydrogen-bond donors (Lipinski definition) is 0. The van der Waals surface area contributed by atoms with Gasteiger partial charge in [-0.2, -0.15) is 0 Å². The van der Waals surface area contributed by atoms with Gasteiger partial charge in [0.05, 0.1) is 25.7 Å². The van der Waals surface area contributed by atoms with Crippen molar-refractivity contribution in [1.29, 1.82) is 0 Å². The second-order valence-electron chi connectivity index (χ2n) is 6.68. The van der Waals surface area contributed by atoms with Crippen LogP contribution in [0.3, 0.4) is 0 Å². The maximum absolute atomic E-state index is 12.8. The van der Waals surface area contributed by atoms with Gasteiger partial charge >= 0.3 is 17.9 Å². The van der Waals surface area contributed by atoms with Gasteiger partial charge in [-0.3, -0.25) is 19.2 Å². The molecule has 8 heteroatoms. The van der Waals surface area contributed by atoms with Gasteiger partial charge in [-0.25, -0.2) is 0 Å². The Morgan fingerprint density at radius 3 is 2.31 bits per heavy atom. The van der Waals surface area contributed by atoms with E-state index < -0.39 is 47.4 Å². The summed E-state index contributed by atoms with van der Waals surface area (Å²) in [5.74, 6) is -3.88. The van der Waals surface area contributed by atoms with E-state index in [2.05, 4.69) is 0 Å². The van der Waals surface area contributed by atoms with Crippen LogP contribution in [0, 0.1) is 23.2 Å². The van der Waals surface area contributed by atoms with Gasteiger partial charge in [-0.05, 0) is 26.3 Å². The molecule has 8 nitrogen and oxygen atoms in total. The van der Waals surface area contributed by atoms with Crippen molar-refractivity contribution < 1.29 is 38.1 Å². The Labute approximate surface area is 150 Å². The van der Waals surface area contributed by atoms with Crippen LogP contribution in [0.25, 0.3) is 0 Å². The Morgan fingerprint density at radius 1 is 1.15 bits per heavy atom. The van der Waals surface area contributed by atoms with Crippen LogP contribution in [0.2, 0.25) is 0 Å². The quantitative estimate of drug-likeness (QED) is 0.399. The van der Waals surface area contributed by atoms with Crippen molar-refractivity contribution >= 4 is 23.7 Å². The molecule has 4 atom stereocenters. The molecule has 26 heavy (non-hydrogen) atoms. The lowest BCUT2D eigenvalue weighted by atomic mass is 9.71. The van der Waals surface area contributed by atoms with E-state index in [0.717, 1.165) is 0 Å². The highest BCUT2D eigenvalue weighted by molar-refractivity contribution is 6.04. The smallest absolute Gasteiger partial charge is 0.324 e. The lowest BCUT2D eigenvalue weighted by Crippen LogP contribution is -2.53. The molecule has 3 aliphatic rings. The highest BCUT2D eigenvalue weighted by Gasteiger charge is 2.68. The average molecular weight is 366 g/mol. The number of ether oxygens (including phenoxy) is 4. The topological polar surface area (TPSA) is 105 Å². The van der Waals surface area contributed by atoms with Crippen LogP contribution in [-0.4, -0.2) is 49.8 Å². The predicted molar refractivity (Wildman–Crippen MR) is 85.4 cm³/mol. The first-order chi connectivity index (χ1) is 12.4. The number of carbonyl (C=O) groups excluding carboxylic acids is 4. The Balaban J connectivity index is 2.00. The SMILES string of the molecule is CCOC(=O)C1(C(=O)OCC)CC2=CC(=O)[C@@H]3C(OC(C)=O)OC[C@H]1[C@H]23. The third kappa shape index (κ3) is 2.63. The zero-order chi connectivity index (χ0) is 19.1. The molecule has 0 radical (unpaired) electrons. The molecule has 0 bridgehead atoms. The minimum atomic E-state index is -1.54. The predicted octanol–water partition coefficient (Wildman–Crippen LogP) is 0.780. The van der Waals surface area contributed by atoms with Crippen LogP contribution >= 0.6 is 0 Å². The summed E-state index contributed by atoms with van der Waals surface area (Å²) in [6, 6.07) is 0. The molecule has 0 aromatic heterocycles. The van der Waals surface area contributed by atoms with E-state index in [0.29, 0.717) is 5.57 Å². The van der Waals surface area contributed by atoms with Gasteiger partial charge in [0.15, 0.2) is 11.2 Å². The van der Waals surface area contributed by atoms with Crippen LogP contribution < -0.4 is 0 Å². The van der Waals surface area contributed by atoms with Crippen LogP contribution in [0.5, 0.6) is 0 Å². The van der Waals surface area contributed by atoms with Crippen molar-refractivity contribution in [2.45, 2.75) is 33.5 Å². The molecule has 0 amide bonds. The van der Waals surface area contributed by atoms with Gasteiger partial charge < -0.3 is 18.9 Å². The van der Waals surface area contributed by atoms with E-state index in [9.17, 15) is 19.2 Å². The van der Waals surface area contributed by atoms with Gasteiger partial charge in [0.1, 0.15) is 0 Å². The first kappa shape index (κ1) is 18.6. The molecule has 0 aromatic carbocycles. The number of ketones is 1. The lowest BCUT2D eigenvalue weighted by Gasteiger charge is -2.40. The summed E-state index contributed by atoms with van der Waals surface area (Å²) in [6.45, 7) is 4.78. The number of carbonyl (C=O) groups is 4. The first-order valence-corrected chi connectivity index (χ1v) is 8.74. The molecule has 0 N–H and O–H groups in total. The number of rotatable bonds is 5. The zero-order valence-electron chi connectivity index (χ0n) is 15.0. The van der Waals surface area contributed by atoms with Gasteiger partial charge in [0.25, 0.3) is 0 Å². The van der Waals surface area contributed by atoms with E-state index in [-0.39, 0.29) is 32.0 Å². The minimum absolute atomic E-state index is 0.0125. The summed E-state index contributed by atoms with van der Waals surface area (Å²) in [4.78, 5) is 49.3. The van der Waals surface area contributed by atoms with Gasteiger partial charge in [-0.1, -0.05) is 5.57 Å². The lowest BCUT2D eigenvalue weighted by molar-refractivity contribution is -0.223. The van der Waals surface area contributed by atoms with Crippen LogP contribution in [0.1, 0.15) is 27.2 Å². The van der Waals surface area contributed by atoms with E-state index in [1.165, 1.54) is 13.0 Å². The van der Waals surface area contributed by atoms with E-state index >= 15 is 0 Å². The normalized spacial score (nSPS) is 31.0. The Kier molecular flexibility index (Phi) is 4.88. The molecule has 0 spiro atoms. The molecule has 3 rings (SSSR count). The minimum Gasteiger partial charge on any atom is -0.465 e. The second-order valence-corrected chi connectivity index (χ2v) is 6.68. The van der Waals surface area contributed by atoms with Crippen molar-refractivity contribution in [3.8, 4) is 0 Å². The van der Waals surface area contributed by atoms with Crippen LogP contribution in [0.15, 0.2) is 11.6 Å². The highest BCUT2D eigenvalue weighted by atomic mass is 16.7. The number of hydrogen-bond acceptors (Lipinski definition) is 8. The van der Waals surface area contributed by atoms with Crippen LogP contribution in [-0.2, 0) is 38.1 Å². The summed E-state index contributed by atoms with van der Waals surface area (Å²) in [7, 11) is 0. The summed E-state index contributed by atoms with van der Waals surface area (Å²) in [5.41, 5.74) is -0.852. The van der Waals surface area contributed by atoms with Gasteiger partial charge in [-0.15, -0.1) is 0 Å². The third-order valence-corrected chi connectivity index (χ3v) is 5.32. The van der Waals surface area contributed by atoms with E-state index in [1.807, 2.05) is 0 Å². The van der Waals surface area contributed by atoms with Crippen molar-refractivity contribution in [3.05, 3.63) is 11.6 Å². The maximum Gasteiger partial charge on any atom is 0.324 e. The van der Waals surface area contributed by atoms with Crippen molar-refractivity contribution in [3.63, 3.8) is 0 Å². The average Bonchev–Trinajstić information content (AvgIpc) is 3.06. The van der Waals surface area contributed by atoms with Crippen molar-refractivity contribution in [2.75, 3.05) is 19.8 Å². The molecule has 1 aliphatic heterocycles. The molecule has 1 heterocycles. The fraction of sp³-hybridized carbons (Fsp3) is 0.667. The fourth-order valence-corrected chi connectivity index (χ4v) is 4.39. The maximum atomic E-state index is 12.8.